The van der Waals surface area contributed by atoms with Crippen molar-refractivity contribution in [3.63, 3.8) is 0 Å². The van der Waals surface area contributed by atoms with E-state index in [1.807, 2.05) is 0 Å². The van der Waals surface area contributed by atoms with Crippen LogP contribution in [0.15, 0.2) is 35.4 Å². The molecule has 1 aliphatic heterocycles. The van der Waals surface area contributed by atoms with Crippen molar-refractivity contribution in [3.8, 4) is 0 Å². The van der Waals surface area contributed by atoms with Gasteiger partial charge in [-0.05, 0) is 37.1 Å². The molecule has 0 aliphatic carbocycles. The summed E-state index contributed by atoms with van der Waals surface area (Å²) in [5, 5.41) is 0.500. The van der Waals surface area contributed by atoms with Crippen molar-refractivity contribution in [1.82, 2.24) is 14.7 Å². The zero-order chi connectivity index (χ0) is 17.2. The summed E-state index contributed by atoms with van der Waals surface area (Å²) in [5.41, 5.74) is 0.607. The first-order valence-corrected chi connectivity index (χ1v) is 9.71. The van der Waals surface area contributed by atoms with Crippen LogP contribution in [-0.2, 0) is 16.6 Å². The average molecular weight is 387 g/mol. The standard InChI is InChI=1S/C15H16Cl2N4O2S/c16-13-4-3-12(9-14(13)17)24(22,23)19-10-11-5-6-18-15(20-11)21-7-1-2-8-21/h3-6,9,19H,1-2,7-8,10H2. The van der Waals surface area contributed by atoms with Crippen molar-refractivity contribution in [2.24, 2.45) is 0 Å². The fourth-order valence-electron chi connectivity index (χ4n) is 2.45. The van der Waals surface area contributed by atoms with Gasteiger partial charge in [0.25, 0.3) is 0 Å². The summed E-state index contributed by atoms with van der Waals surface area (Å²) in [6.45, 7) is 1.93. The van der Waals surface area contributed by atoms with Crippen LogP contribution in [0.3, 0.4) is 0 Å². The molecule has 1 N–H and O–H groups in total. The topological polar surface area (TPSA) is 75.2 Å². The van der Waals surface area contributed by atoms with Gasteiger partial charge in [-0.3, -0.25) is 0 Å². The van der Waals surface area contributed by atoms with Crippen LogP contribution in [-0.4, -0.2) is 31.5 Å². The molecule has 0 atom stereocenters. The van der Waals surface area contributed by atoms with Crippen LogP contribution in [0.5, 0.6) is 0 Å². The lowest BCUT2D eigenvalue weighted by Gasteiger charge is -2.15. The van der Waals surface area contributed by atoms with Gasteiger partial charge in [0.1, 0.15) is 0 Å². The molecule has 0 bridgehead atoms. The highest BCUT2D eigenvalue weighted by Crippen LogP contribution is 2.24. The molecule has 3 rings (SSSR count). The van der Waals surface area contributed by atoms with E-state index in [1.54, 1.807) is 12.3 Å². The number of nitrogens with one attached hydrogen (secondary N) is 1. The molecule has 24 heavy (non-hydrogen) atoms. The highest BCUT2D eigenvalue weighted by Gasteiger charge is 2.17. The van der Waals surface area contributed by atoms with Crippen molar-refractivity contribution in [1.29, 1.82) is 0 Å². The van der Waals surface area contributed by atoms with E-state index in [0.717, 1.165) is 25.9 Å². The summed E-state index contributed by atoms with van der Waals surface area (Å²) < 4.78 is 27.2. The molecule has 128 valence electrons. The average Bonchev–Trinajstić information content (AvgIpc) is 3.10. The van der Waals surface area contributed by atoms with Gasteiger partial charge in [-0.25, -0.2) is 23.1 Å². The Hall–Kier alpha value is -1.41. The fourth-order valence-corrected chi connectivity index (χ4v) is 3.84. The van der Waals surface area contributed by atoms with Gasteiger partial charge in [-0.1, -0.05) is 23.2 Å². The van der Waals surface area contributed by atoms with Gasteiger partial charge in [0.05, 0.1) is 27.2 Å². The van der Waals surface area contributed by atoms with Crippen LogP contribution >= 0.6 is 23.2 Å². The van der Waals surface area contributed by atoms with E-state index in [1.165, 1.54) is 18.2 Å². The normalized spacial score (nSPS) is 15.0. The Balaban J connectivity index is 1.72. The minimum absolute atomic E-state index is 0.0609. The number of rotatable bonds is 5. The van der Waals surface area contributed by atoms with E-state index in [2.05, 4.69) is 19.6 Å². The number of nitrogens with zero attached hydrogens (tertiary/aromatic N) is 3. The lowest BCUT2D eigenvalue weighted by Crippen LogP contribution is -2.25. The fraction of sp³-hybridized carbons (Fsp3) is 0.333. The molecule has 1 saturated heterocycles. The first-order chi connectivity index (χ1) is 11.5. The summed E-state index contributed by atoms with van der Waals surface area (Å²) in [6, 6.07) is 5.87. The number of hydrogen-bond donors (Lipinski definition) is 1. The van der Waals surface area contributed by atoms with Gasteiger partial charge in [-0.15, -0.1) is 0 Å². The highest BCUT2D eigenvalue weighted by atomic mass is 35.5. The molecule has 0 saturated carbocycles. The van der Waals surface area contributed by atoms with Crippen LogP contribution in [0.1, 0.15) is 18.5 Å². The van der Waals surface area contributed by atoms with Crippen molar-refractivity contribution < 1.29 is 8.42 Å². The monoisotopic (exact) mass is 386 g/mol. The van der Waals surface area contributed by atoms with E-state index in [9.17, 15) is 8.42 Å². The van der Waals surface area contributed by atoms with E-state index in [0.29, 0.717) is 16.7 Å². The molecule has 1 aliphatic rings. The van der Waals surface area contributed by atoms with Crippen molar-refractivity contribution in [2.45, 2.75) is 24.3 Å². The van der Waals surface area contributed by atoms with Gasteiger partial charge in [-0.2, -0.15) is 0 Å². The molecule has 0 radical (unpaired) electrons. The summed E-state index contributed by atoms with van der Waals surface area (Å²) in [4.78, 5) is 10.8. The summed E-state index contributed by atoms with van der Waals surface area (Å²) in [7, 11) is -3.70. The number of anilines is 1. The van der Waals surface area contributed by atoms with Gasteiger partial charge < -0.3 is 4.90 Å². The molecular formula is C15H16Cl2N4O2S. The molecule has 0 spiro atoms. The number of hydrogen-bond acceptors (Lipinski definition) is 5. The minimum atomic E-state index is -3.70. The number of halogens is 2. The molecule has 0 unspecified atom stereocenters. The smallest absolute Gasteiger partial charge is 0.240 e. The molecule has 1 fully saturated rings. The Morgan fingerprint density at radius 1 is 1.12 bits per heavy atom. The zero-order valence-electron chi connectivity index (χ0n) is 12.7. The Kier molecular flexibility index (Phi) is 5.24. The Labute approximate surface area is 150 Å². The number of aromatic nitrogens is 2. The highest BCUT2D eigenvalue weighted by molar-refractivity contribution is 7.89. The van der Waals surface area contributed by atoms with Crippen LogP contribution in [0, 0.1) is 0 Å². The largest absolute Gasteiger partial charge is 0.341 e. The van der Waals surface area contributed by atoms with E-state index < -0.39 is 10.0 Å². The molecule has 6 nitrogen and oxygen atoms in total. The van der Waals surface area contributed by atoms with Crippen LogP contribution < -0.4 is 9.62 Å². The number of benzene rings is 1. The first-order valence-electron chi connectivity index (χ1n) is 7.47. The second-order valence-corrected chi connectivity index (χ2v) is 8.02. The van der Waals surface area contributed by atoms with Crippen molar-refractivity contribution in [2.75, 3.05) is 18.0 Å². The van der Waals surface area contributed by atoms with Gasteiger partial charge in [0, 0.05) is 19.3 Å². The van der Waals surface area contributed by atoms with Gasteiger partial charge >= 0.3 is 0 Å². The third-order valence-electron chi connectivity index (χ3n) is 3.73. The van der Waals surface area contributed by atoms with Crippen LogP contribution in [0.25, 0.3) is 0 Å². The second kappa shape index (κ2) is 7.23. The summed E-state index contributed by atoms with van der Waals surface area (Å²) in [5.74, 6) is 0.638. The van der Waals surface area contributed by atoms with Crippen LogP contribution in [0.2, 0.25) is 10.0 Å². The van der Waals surface area contributed by atoms with E-state index in [4.69, 9.17) is 23.2 Å². The van der Waals surface area contributed by atoms with E-state index >= 15 is 0 Å². The maximum Gasteiger partial charge on any atom is 0.240 e. The SMILES string of the molecule is O=S(=O)(NCc1ccnc(N2CCCC2)n1)c1ccc(Cl)c(Cl)c1. The molecule has 1 aromatic carbocycles. The molecular weight excluding hydrogens is 371 g/mol. The second-order valence-electron chi connectivity index (χ2n) is 5.44. The Bertz CT molecular complexity index is 839. The summed E-state index contributed by atoms with van der Waals surface area (Å²) in [6.07, 6.45) is 3.89. The van der Waals surface area contributed by atoms with Crippen molar-refractivity contribution >= 4 is 39.2 Å². The van der Waals surface area contributed by atoms with Crippen LogP contribution in [0.4, 0.5) is 5.95 Å². The molecule has 9 heteroatoms. The first kappa shape index (κ1) is 17.4. The summed E-state index contributed by atoms with van der Waals surface area (Å²) >= 11 is 11.7. The minimum Gasteiger partial charge on any atom is -0.341 e. The predicted octanol–water partition coefficient (Wildman–Crippen LogP) is 2.86. The lowest BCUT2D eigenvalue weighted by atomic mass is 10.4. The molecule has 0 amide bonds. The van der Waals surface area contributed by atoms with Gasteiger partial charge in [0.15, 0.2) is 0 Å². The van der Waals surface area contributed by atoms with E-state index in [-0.39, 0.29) is 16.5 Å². The Morgan fingerprint density at radius 2 is 1.88 bits per heavy atom. The molecule has 2 aromatic rings. The third kappa shape index (κ3) is 3.97. The molecule has 2 heterocycles. The third-order valence-corrected chi connectivity index (χ3v) is 5.87. The quantitative estimate of drug-likeness (QED) is 0.854. The predicted molar refractivity (Wildman–Crippen MR) is 94.0 cm³/mol. The lowest BCUT2D eigenvalue weighted by molar-refractivity contribution is 0.580. The molecule has 1 aromatic heterocycles. The maximum absolute atomic E-state index is 12.3. The Morgan fingerprint density at radius 3 is 2.58 bits per heavy atom. The zero-order valence-corrected chi connectivity index (χ0v) is 15.1. The van der Waals surface area contributed by atoms with Gasteiger partial charge in [0.2, 0.25) is 16.0 Å². The maximum atomic E-state index is 12.3. The van der Waals surface area contributed by atoms with Crippen molar-refractivity contribution in [3.05, 3.63) is 46.2 Å². The number of sulfonamides is 1.